The SMILES string of the molecule is CN(C(=O)O)C1CCN(c2cccc(-c3cccc4cnccc34)n2)CC1. The van der Waals surface area contributed by atoms with E-state index in [2.05, 4.69) is 22.0 Å². The lowest BCUT2D eigenvalue weighted by molar-refractivity contribution is 0.131. The highest BCUT2D eigenvalue weighted by Crippen LogP contribution is 2.29. The summed E-state index contributed by atoms with van der Waals surface area (Å²) in [6.07, 6.45) is 4.44. The molecule has 0 bridgehead atoms. The van der Waals surface area contributed by atoms with E-state index in [0.717, 1.165) is 53.8 Å². The maximum Gasteiger partial charge on any atom is 0.407 e. The van der Waals surface area contributed by atoms with Crippen molar-refractivity contribution in [3.63, 3.8) is 0 Å². The maximum absolute atomic E-state index is 11.2. The first-order chi connectivity index (χ1) is 13.1. The highest BCUT2D eigenvalue weighted by Gasteiger charge is 2.25. The van der Waals surface area contributed by atoms with Crippen LogP contribution in [0.25, 0.3) is 22.0 Å². The number of pyridine rings is 2. The Hall–Kier alpha value is -3.15. The molecule has 1 fully saturated rings. The van der Waals surface area contributed by atoms with Crippen molar-refractivity contribution in [1.29, 1.82) is 0 Å². The molecule has 6 nitrogen and oxygen atoms in total. The average Bonchev–Trinajstić information content (AvgIpc) is 2.73. The van der Waals surface area contributed by atoms with Crippen molar-refractivity contribution >= 4 is 22.7 Å². The Bertz CT molecular complexity index is 962. The lowest BCUT2D eigenvalue weighted by Gasteiger charge is -2.36. The van der Waals surface area contributed by atoms with Crippen molar-refractivity contribution in [2.24, 2.45) is 0 Å². The molecule has 0 radical (unpaired) electrons. The lowest BCUT2D eigenvalue weighted by atomic mass is 10.0. The molecule has 1 amide bonds. The third-order valence-corrected chi connectivity index (χ3v) is 5.33. The molecule has 4 rings (SSSR count). The van der Waals surface area contributed by atoms with E-state index in [1.54, 1.807) is 13.2 Å². The summed E-state index contributed by atoms with van der Waals surface area (Å²) in [4.78, 5) is 23.9. The number of hydrogen-bond acceptors (Lipinski definition) is 4. The number of benzene rings is 1. The first-order valence-corrected chi connectivity index (χ1v) is 9.14. The fourth-order valence-electron chi connectivity index (χ4n) is 3.73. The summed E-state index contributed by atoms with van der Waals surface area (Å²) in [6.45, 7) is 1.61. The van der Waals surface area contributed by atoms with Gasteiger partial charge in [0.15, 0.2) is 0 Å². The zero-order valence-electron chi connectivity index (χ0n) is 15.2. The zero-order valence-corrected chi connectivity index (χ0v) is 15.2. The molecule has 1 N–H and O–H groups in total. The van der Waals surface area contributed by atoms with Crippen LogP contribution in [0, 0.1) is 0 Å². The highest BCUT2D eigenvalue weighted by atomic mass is 16.4. The van der Waals surface area contributed by atoms with Crippen LogP contribution in [-0.4, -0.2) is 52.2 Å². The first-order valence-electron chi connectivity index (χ1n) is 9.14. The molecular formula is C21H22N4O2. The lowest BCUT2D eigenvalue weighted by Crippen LogP contribution is -2.45. The number of rotatable bonds is 3. The van der Waals surface area contributed by atoms with Crippen LogP contribution >= 0.6 is 0 Å². The van der Waals surface area contributed by atoms with Crippen LogP contribution in [0.2, 0.25) is 0 Å². The molecule has 0 spiro atoms. The van der Waals surface area contributed by atoms with Crippen molar-refractivity contribution < 1.29 is 9.90 Å². The molecule has 0 saturated carbocycles. The minimum Gasteiger partial charge on any atom is -0.465 e. The molecule has 3 aromatic rings. The van der Waals surface area contributed by atoms with Crippen molar-refractivity contribution in [3.05, 3.63) is 54.9 Å². The van der Waals surface area contributed by atoms with Gasteiger partial charge in [0.25, 0.3) is 0 Å². The Kier molecular flexibility index (Phi) is 4.62. The van der Waals surface area contributed by atoms with Crippen molar-refractivity contribution in [2.75, 3.05) is 25.0 Å². The number of fused-ring (bicyclic) bond motifs is 1. The topological polar surface area (TPSA) is 69.6 Å². The van der Waals surface area contributed by atoms with E-state index in [-0.39, 0.29) is 6.04 Å². The molecule has 2 aromatic heterocycles. The second-order valence-corrected chi connectivity index (χ2v) is 6.90. The predicted molar refractivity (Wildman–Crippen MR) is 106 cm³/mol. The van der Waals surface area contributed by atoms with Gasteiger partial charge >= 0.3 is 6.09 Å². The normalized spacial score (nSPS) is 15.1. The van der Waals surface area contributed by atoms with Gasteiger partial charge in [-0.2, -0.15) is 0 Å². The van der Waals surface area contributed by atoms with Crippen molar-refractivity contribution in [2.45, 2.75) is 18.9 Å². The summed E-state index contributed by atoms with van der Waals surface area (Å²) in [7, 11) is 1.65. The van der Waals surface area contributed by atoms with Gasteiger partial charge in [-0.15, -0.1) is 0 Å². The quantitative estimate of drug-likeness (QED) is 0.766. The fourth-order valence-corrected chi connectivity index (χ4v) is 3.73. The molecule has 27 heavy (non-hydrogen) atoms. The number of carboxylic acid groups (broad SMARTS) is 1. The summed E-state index contributed by atoms with van der Waals surface area (Å²) in [5, 5.41) is 11.4. The minimum atomic E-state index is -0.862. The van der Waals surface area contributed by atoms with Crippen LogP contribution < -0.4 is 4.90 Å². The molecule has 138 valence electrons. The molecule has 0 unspecified atom stereocenters. The van der Waals surface area contributed by atoms with E-state index in [0.29, 0.717) is 0 Å². The maximum atomic E-state index is 11.2. The molecule has 1 aliphatic heterocycles. The van der Waals surface area contributed by atoms with E-state index >= 15 is 0 Å². The van der Waals surface area contributed by atoms with E-state index in [1.165, 1.54) is 4.90 Å². The highest BCUT2D eigenvalue weighted by molar-refractivity contribution is 5.95. The van der Waals surface area contributed by atoms with E-state index < -0.39 is 6.09 Å². The van der Waals surface area contributed by atoms with Gasteiger partial charge in [0.1, 0.15) is 5.82 Å². The summed E-state index contributed by atoms with van der Waals surface area (Å²) in [5.74, 6) is 0.940. The number of nitrogens with zero attached hydrogens (tertiary/aromatic N) is 4. The number of piperidine rings is 1. The largest absolute Gasteiger partial charge is 0.465 e. The monoisotopic (exact) mass is 362 g/mol. The van der Waals surface area contributed by atoms with Crippen LogP contribution in [-0.2, 0) is 0 Å². The summed E-state index contributed by atoms with van der Waals surface area (Å²) >= 11 is 0. The molecule has 6 heteroatoms. The van der Waals surface area contributed by atoms with Crippen LogP contribution in [0.1, 0.15) is 12.8 Å². The molecule has 0 atom stereocenters. The fraction of sp³-hybridized carbons (Fsp3) is 0.286. The average molecular weight is 362 g/mol. The second-order valence-electron chi connectivity index (χ2n) is 6.90. The molecule has 1 aromatic carbocycles. The number of aromatic nitrogens is 2. The Morgan fingerprint density at radius 2 is 1.93 bits per heavy atom. The standard InChI is InChI=1S/C21H22N4O2/c1-24(21(26)27)16-9-12-25(13-10-16)20-7-3-6-19(23-20)18-5-2-4-15-14-22-11-8-17(15)18/h2-8,11,14,16H,9-10,12-13H2,1H3,(H,26,27). The van der Waals surface area contributed by atoms with E-state index in [1.807, 2.05) is 36.5 Å². The molecular weight excluding hydrogens is 340 g/mol. The van der Waals surface area contributed by atoms with Gasteiger partial charge in [-0.05, 0) is 36.4 Å². The van der Waals surface area contributed by atoms with E-state index in [9.17, 15) is 4.79 Å². The number of amides is 1. The van der Waals surface area contributed by atoms with E-state index in [4.69, 9.17) is 10.1 Å². The van der Waals surface area contributed by atoms with Gasteiger partial charge in [0, 0.05) is 49.5 Å². The predicted octanol–water partition coefficient (Wildman–Crippen LogP) is 3.88. The van der Waals surface area contributed by atoms with Crippen molar-refractivity contribution in [3.8, 4) is 11.3 Å². The Morgan fingerprint density at radius 3 is 2.70 bits per heavy atom. The first kappa shape index (κ1) is 17.3. The number of carbonyl (C=O) groups is 1. The Morgan fingerprint density at radius 1 is 1.15 bits per heavy atom. The summed E-state index contributed by atoms with van der Waals surface area (Å²) in [6, 6.07) is 14.4. The third kappa shape index (κ3) is 3.43. The van der Waals surface area contributed by atoms with Crippen LogP contribution in [0.5, 0.6) is 0 Å². The third-order valence-electron chi connectivity index (χ3n) is 5.33. The molecule has 3 heterocycles. The van der Waals surface area contributed by atoms with Crippen molar-refractivity contribution in [1.82, 2.24) is 14.9 Å². The summed E-state index contributed by atoms with van der Waals surface area (Å²) in [5.41, 5.74) is 2.03. The Labute approximate surface area is 158 Å². The van der Waals surface area contributed by atoms with Gasteiger partial charge in [-0.1, -0.05) is 24.3 Å². The smallest absolute Gasteiger partial charge is 0.407 e. The van der Waals surface area contributed by atoms with Crippen LogP contribution in [0.15, 0.2) is 54.9 Å². The zero-order chi connectivity index (χ0) is 18.8. The minimum absolute atomic E-state index is 0.0764. The van der Waals surface area contributed by atoms with Gasteiger partial charge in [0.05, 0.1) is 5.69 Å². The number of anilines is 1. The van der Waals surface area contributed by atoms with Gasteiger partial charge in [-0.3, -0.25) is 4.98 Å². The van der Waals surface area contributed by atoms with Gasteiger partial charge < -0.3 is 14.9 Å². The summed E-state index contributed by atoms with van der Waals surface area (Å²) < 4.78 is 0. The molecule has 1 aliphatic rings. The molecule has 1 saturated heterocycles. The van der Waals surface area contributed by atoms with Gasteiger partial charge in [0.2, 0.25) is 0 Å². The van der Waals surface area contributed by atoms with Crippen LogP contribution in [0.4, 0.5) is 10.6 Å². The second kappa shape index (κ2) is 7.23. The number of hydrogen-bond donors (Lipinski definition) is 1. The van der Waals surface area contributed by atoms with Crippen LogP contribution in [0.3, 0.4) is 0 Å². The van der Waals surface area contributed by atoms with Gasteiger partial charge in [-0.25, -0.2) is 9.78 Å². The Balaban J connectivity index is 1.58. The molecule has 0 aliphatic carbocycles.